The first-order valence-electron chi connectivity index (χ1n) is 8.85. The maximum Gasteiger partial charge on any atom is 0.277 e. The summed E-state index contributed by atoms with van der Waals surface area (Å²) in [6.07, 6.45) is 8.70. The van der Waals surface area contributed by atoms with E-state index in [0.717, 1.165) is 36.1 Å². The van der Waals surface area contributed by atoms with Crippen LogP contribution in [-0.4, -0.2) is 25.3 Å². The van der Waals surface area contributed by atoms with Crippen molar-refractivity contribution in [2.45, 2.75) is 44.9 Å². The Hall–Kier alpha value is -2.04. The van der Waals surface area contributed by atoms with Gasteiger partial charge in [0.2, 0.25) is 0 Å². The van der Waals surface area contributed by atoms with Crippen LogP contribution < -0.4 is 14.9 Å². The maximum atomic E-state index is 11.9. The minimum absolute atomic E-state index is 0.0326. The lowest BCUT2D eigenvalue weighted by Crippen LogP contribution is -2.31. The number of carbonyl (C=O) groups is 1. The highest BCUT2D eigenvalue weighted by Gasteiger charge is 2.30. The molecule has 1 amide bonds. The molecule has 3 rings (SSSR count). The number of nitrogens with one attached hydrogen (secondary N) is 1. The van der Waals surface area contributed by atoms with Crippen LogP contribution in [0.1, 0.15) is 44.9 Å². The molecule has 24 heavy (non-hydrogen) atoms. The van der Waals surface area contributed by atoms with Crippen LogP contribution in [0.5, 0.6) is 11.5 Å². The van der Waals surface area contributed by atoms with Gasteiger partial charge in [-0.1, -0.05) is 19.3 Å². The van der Waals surface area contributed by atoms with Crippen molar-refractivity contribution in [3.63, 3.8) is 0 Å². The quantitative estimate of drug-likeness (QED) is 0.840. The topological polar surface area (TPSA) is 59.9 Å². The molecule has 2 fully saturated rings. The predicted octanol–water partition coefficient (Wildman–Crippen LogP) is 3.54. The SMILES string of the molecule is COc1ccc(OCC(=O)N/N=C2/CC[C@H]3CCCC[C@H]3C2)cc1. The lowest BCUT2D eigenvalue weighted by molar-refractivity contribution is -0.123. The van der Waals surface area contributed by atoms with E-state index >= 15 is 0 Å². The van der Waals surface area contributed by atoms with Gasteiger partial charge >= 0.3 is 0 Å². The van der Waals surface area contributed by atoms with Gasteiger partial charge in [0.1, 0.15) is 11.5 Å². The van der Waals surface area contributed by atoms with Crippen LogP contribution in [0.4, 0.5) is 0 Å². The second-order valence-electron chi connectivity index (χ2n) is 6.72. The van der Waals surface area contributed by atoms with Crippen LogP contribution in [0.2, 0.25) is 0 Å². The molecule has 0 aromatic heterocycles. The molecule has 2 atom stereocenters. The summed E-state index contributed by atoms with van der Waals surface area (Å²) in [7, 11) is 1.61. The molecule has 0 radical (unpaired) electrons. The maximum absolute atomic E-state index is 11.9. The highest BCUT2D eigenvalue weighted by Crippen LogP contribution is 2.39. The number of fused-ring (bicyclic) bond motifs is 1. The van der Waals surface area contributed by atoms with E-state index in [2.05, 4.69) is 10.5 Å². The number of hydrazone groups is 1. The van der Waals surface area contributed by atoms with Crippen LogP contribution in [0.15, 0.2) is 29.4 Å². The molecule has 1 aromatic rings. The Morgan fingerprint density at radius 2 is 1.83 bits per heavy atom. The van der Waals surface area contributed by atoms with Crippen molar-refractivity contribution in [2.24, 2.45) is 16.9 Å². The smallest absolute Gasteiger partial charge is 0.277 e. The van der Waals surface area contributed by atoms with Gasteiger partial charge in [-0.15, -0.1) is 0 Å². The van der Waals surface area contributed by atoms with E-state index in [1.54, 1.807) is 31.4 Å². The second-order valence-corrected chi connectivity index (χ2v) is 6.72. The molecule has 0 saturated heterocycles. The van der Waals surface area contributed by atoms with Crippen molar-refractivity contribution in [2.75, 3.05) is 13.7 Å². The Labute approximate surface area is 143 Å². The lowest BCUT2D eigenvalue weighted by atomic mass is 9.70. The molecule has 2 aliphatic carbocycles. The molecule has 2 saturated carbocycles. The first-order chi connectivity index (χ1) is 11.7. The fraction of sp³-hybridized carbons (Fsp3) is 0.579. The van der Waals surface area contributed by atoms with Gasteiger partial charge in [0, 0.05) is 5.71 Å². The summed E-state index contributed by atoms with van der Waals surface area (Å²) in [6, 6.07) is 7.16. The first kappa shape index (κ1) is 16.8. The van der Waals surface area contributed by atoms with Gasteiger partial charge in [-0.2, -0.15) is 5.10 Å². The third-order valence-electron chi connectivity index (χ3n) is 5.14. The van der Waals surface area contributed by atoms with E-state index in [1.165, 1.54) is 32.1 Å². The summed E-state index contributed by atoms with van der Waals surface area (Å²) in [6.45, 7) is -0.0326. The number of amides is 1. The van der Waals surface area contributed by atoms with Gasteiger partial charge in [0.15, 0.2) is 6.61 Å². The fourth-order valence-electron chi connectivity index (χ4n) is 3.79. The second kappa shape index (κ2) is 8.18. The molecule has 0 unspecified atom stereocenters. The number of nitrogens with zero attached hydrogens (tertiary/aromatic N) is 1. The standard InChI is InChI=1S/C19H26N2O3/c1-23-17-8-10-18(11-9-17)24-13-19(22)21-20-16-7-6-14-4-2-3-5-15(14)12-16/h8-11,14-15H,2-7,12-13H2,1H3,(H,21,22)/b20-16-/t14-,15+/m1/s1. The Morgan fingerprint density at radius 1 is 1.12 bits per heavy atom. The molecule has 1 aromatic carbocycles. The van der Waals surface area contributed by atoms with Gasteiger partial charge in [0.05, 0.1) is 7.11 Å². The van der Waals surface area contributed by atoms with E-state index < -0.39 is 0 Å². The molecule has 0 heterocycles. The van der Waals surface area contributed by atoms with Crippen molar-refractivity contribution in [1.29, 1.82) is 0 Å². The molecule has 5 nitrogen and oxygen atoms in total. The average molecular weight is 330 g/mol. The molecule has 0 bridgehead atoms. The van der Waals surface area contributed by atoms with Crippen LogP contribution >= 0.6 is 0 Å². The molecule has 1 N–H and O–H groups in total. The summed E-state index contributed by atoms with van der Waals surface area (Å²) in [4.78, 5) is 11.9. The molecule has 5 heteroatoms. The van der Waals surface area contributed by atoms with Crippen molar-refractivity contribution < 1.29 is 14.3 Å². The van der Waals surface area contributed by atoms with Crippen LogP contribution in [0.25, 0.3) is 0 Å². The molecule has 130 valence electrons. The minimum Gasteiger partial charge on any atom is -0.497 e. The highest BCUT2D eigenvalue weighted by molar-refractivity contribution is 5.87. The zero-order chi connectivity index (χ0) is 16.8. The van der Waals surface area contributed by atoms with Crippen molar-refractivity contribution >= 4 is 11.6 Å². The zero-order valence-corrected chi connectivity index (χ0v) is 14.3. The van der Waals surface area contributed by atoms with E-state index in [0.29, 0.717) is 5.75 Å². The van der Waals surface area contributed by atoms with E-state index in [-0.39, 0.29) is 12.5 Å². The van der Waals surface area contributed by atoms with E-state index in [4.69, 9.17) is 9.47 Å². The largest absolute Gasteiger partial charge is 0.497 e. The summed E-state index contributed by atoms with van der Waals surface area (Å²) >= 11 is 0. The van der Waals surface area contributed by atoms with Gasteiger partial charge in [-0.3, -0.25) is 4.79 Å². The number of carbonyl (C=O) groups excluding carboxylic acids is 1. The first-order valence-corrected chi connectivity index (χ1v) is 8.85. The van der Waals surface area contributed by atoms with Crippen LogP contribution in [-0.2, 0) is 4.79 Å². The highest BCUT2D eigenvalue weighted by atomic mass is 16.5. The summed E-state index contributed by atoms with van der Waals surface area (Å²) in [5.74, 6) is 2.84. The monoisotopic (exact) mass is 330 g/mol. The van der Waals surface area contributed by atoms with Gasteiger partial charge in [0.25, 0.3) is 5.91 Å². The number of hydrogen-bond acceptors (Lipinski definition) is 4. The van der Waals surface area contributed by atoms with Crippen molar-refractivity contribution in [1.82, 2.24) is 5.43 Å². The molecular weight excluding hydrogens is 304 g/mol. The summed E-state index contributed by atoms with van der Waals surface area (Å²) in [5, 5.41) is 4.33. The zero-order valence-electron chi connectivity index (χ0n) is 14.3. The number of benzene rings is 1. The lowest BCUT2D eigenvalue weighted by Gasteiger charge is -2.35. The Balaban J connectivity index is 1.43. The van der Waals surface area contributed by atoms with Gasteiger partial charge in [-0.25, -0.2) is 5.43 Å². The number of rotatable bonds is 5. The molecule has 0 spiro atoms. The van der Waals surface area contributed by atoms with Gasteiger partial charge < -0.3 is 9.47 Å². The third-order valence-corrected chi connectivity index (χ3v) is 5.14. The predicted molar refractivity (Wildman–Crippen MR) is 93.4 cm³/mol. The number of methoxy groups -OCH3 is 1. The Kier molecular flexibility index (Phi) is 5.72. The fourth-order valence-corrected chi connectivity index (χ4v) is 3.79. The van der Waals surface area contributed by atoms with Crippen molar-refractivity contribution in [3.8, 4) is 11.5 Å². The van der Waals surface area contributed by atoms with Crippen LogP contribution in [0, 0.1) is 11.8 Å². The Bertz CT molecular complexity index is 583. The normalized spacial score (nSPS) is 25.0. The van der Waals surface area contributed by atoms with E-state index in [9.17, 15) is 4.79 Å². The third kappa shape index (κ3) is 4.49. The number of hydrogen-bond donors (Lipinski definition) is 1. The molecular formula is C19H26N2O3. The number of ether oxygens (including phenoxy) is 2. The average Bonchev–Trinajstić information content (AvgIpc) is 2.65. The minimum atomic E-state index is -0.218. The summed E-state index contributed by atoms with van der Waals surface area (Å²) < 4.78 is 10.5. The summed E-state index contributed by atoms with van der Waals surface area (Å²) in [5.41, 5.74) is 3.78. The molecule has 0 aliphatic heterocycles. The molecule has 2 aliphatic rings. The van der Waals surface area contributed by atoms with Gasteiger partial charge in [-0.05, 0) is 61.8 Å². The Morgan fingerprint density at radius 3 is 2.58 bits per heavy atom. The van der Waals surface area contributed by atoms with Crippen LogP contribution in [0.3, 0.4) is 0 Å². The van der Waals surface area contributed by atoms with Crippen molar-refractivity contribution in [3.05, 3.63) is 24.3 Å². The van der Waals surface area contributed by atoms with E-state index in [1.807, 2.05) is 0 Å².